The van der Waals surface area contributed by atoms with Crippen LogP contribution in [0.2, 0.25) is 5.28 Å². The van der Waals surface area contributed by atoms with E-state index in [1.54, 1.807) is 36.4 Å². The molecular weight excluding hydrogens is 782 g/mol. The van der Waals surface area contributed by atoms with Crippen molar-refractivity contribution in [2.24, 2.45) is 20.5 Å². The third-order valence-corrected chi connectivity index (χ3v) is 9.26. The number of hydrogen-bond acceptors (Lipinski definition) is 15. The third-order valence-electron chi connectivity index (χ3n) is 7.29. The lowest BCUT2D eigenvalue weighted by Gasteiger charge is -2.09. The molecule has 278 valence electrons. The van der Waals surface area contributed by atoms with Gasteiger partial charge < -0.3 is 20.8 Å². The minimum Gasteiger partial charge on any atom is -0.478 e. The fourth-order valence-corrected chi connectivity index (χ4v) is 6.48. The van der Waals surface area contributed by atoms with Crippen molar-refractivity contribution in [1.82, 2.24) is 15.0 Å². The van der Waals surface area contributed by atoms with Gasteiger partial charge >= 0.3 is 11.9 Å². The van der Waals surface area contributed by atoms with E-state index in [4.69, 9.17) is 11.6 Å². The molecule has 0 radical (unpaired) electrons. The number of aromatic carboxylic acids is 2. The van der Waals surface area contributed by atoms with Crippen LogP contribution in [0.15, 0.2) is 127 Å². The number of aromatic nitrogens is 3. The van der Waals surface area contributed by atoms with E-state index >= 15 is 0 Å². The quantitative estimate of drug-likeness (QED) is 0.0506. The largest absolute Gasteiger partial charge is 0.478 e. The highest BCUT2D eigenvalue weighted by Gasteiger charge is 2.21. The van der Waals surface area contributed by atoms with Crippen LogP contribution < -0.4 is 10.6 Å². The first kappa shape index (κ1) is 38.0. The van der Waals surface area contributed by atoms with Crippen molar-refractivity contribution in [2.75, 3.05) is 10.6 Å². The number of benzene rings is 5. The van der Waals surface area contributed by atoms with Crippen LogP contribution in [0.4, 0.5) is 46.0 Å². The van der Waals surface area contributed by atoms with Crippen molar-refractivity contribution < 1.29 is 45.7 Å². The number of carboxylic acids is 2. The Morgan fingerprint density at radius 1 is 0.545 bits per heavy atom. The molecule has 0 saturated heterocycles. The fourth-order valence-electron chi connectivity index (χ4n) is 4.90. The number of nitrogens with one attached hydrogen (secondary N) is 2. The van der Waals surface area contributed by atoms with E-state index in [9.17, 15) is 45.7 Å². The summed E-state index contributed by atoms with van der Waals surface area (Å²) in [5.41, 5.74) is 1.08. The number of nitrogens with zero attached hydrogens (tertiary/aromatic N) is 7. The number of carboxylic acid groups (broad SMARTS) is 2. The van der Waals surface area contributed by atoms with E-state index in [1.807, 2.05) is 0 Å². The lowest BCUT2D eigenvalue weighted by Crippen LogP contribution is -2.03. The molecule has 0 spiro atoms. The van der Waals surface area contributed by atoms with Gasteiger partial charge in [-0.3, -0.25) is 9.11 Å². The Morgan fingerprint density at radius 3 is 1.45 bits per heavy atom. The molecule has 5 aromatic carbocycles. The Hall–Kier alpha value is -6.78. The van der Waals surface area contributed by atoms with Crippen LogP contribution >= 0.6 is 11.6 Å². The normalized spacial score (nSPS) is 12.0. The maximum absolute atomic E-state index is 12.1. The molecule has 0 fully saturated rings. The Morgan fingerprint density at radius 2 is 1.00 bits per heavy atom. The summed E-state index contributed by atoms with van der Waals surface area (Å²) in [5.74, 6) is -2.48. The van der Waals surface area contributed by atoms with Gasteiger partial charge in [0, 0.05) is 22.1 Å². The summed E-state index contributed by atoms with van der Waals surface area (Å²) in [6, 6.07) is 21.8. The molecule has 19 nitrogen and oxygen atoms in total. The Bertz CT molecular complexity index is 2750. The van der Waals surface area contributed by atoms with E-state index in [2.05, 4.69) is 46.0 Å². The number of hydrogen-bond donors (Lipinski definition) is 6. The molecule has 6 rings (SSSR count). The van der Waals surface area contributed by atoms with Crippen LogP contribution in [0.5, 0.6) is 0 Å². The average Bonchev–Trinajstić information content (AvgIpc) is 3.12. The molecule has 6 aromatic rings. The van der Waals surface area contributed by atoms with Crippen molar-refractivity contribution in [3.05, 3.63) is 113 Å². The summed E-state index contributed by atoms with van der Waals surface area (Å²) in [6.45, 7) is 0. The highest BCUT2D eigenvalue weighted by molar-refractivity contribution is 7.86. The lowest BCUT2D eigenvalue weighted by molar-refractivity contribution is 0.0696. The Kier molecular flexibility index (Phi) is 10.6. The minimum absolute atomic E-state index is 0.0374. The van der Waals surface area contributed by atoms with Gasteiger partial charge in [0.2, 0.25) is 17.2 Å². The van der Waals surface area contributed by atoms with Crippen LogP contribution in [0.25, 0.3) is 10.8 Å². The van der Waals surface area contributed by atoms with Gasteiger partial charge in [0.1, 0.15) is 9.79 Å². The van der Waals surface area contributed by atoms with Gasteiger partial charge in [0.05, 0.1) is 33.9 Å². The van der Waals surface area contributed by atoms with Crippen molar-refractivity contribution in [3.63, 3.8) is 0 Å². The van der Waals surface area contributed by atoms with Crippen LogP contribution in [0.1, 0.15) is 20.7 Å². The minimum atomic E-state index is -4.83. The van der Waals surface area contributed by atoms with Crippen molar-refractivity contribution in [2.45, 2.75) is 9.79 Å². The van der Waals surface area contributed by atoms with E-state index < -0.39 is 42.0 Å². The summed E-state index contributed by atoms with van der Waals surface area (Å²) >= 11 is 6.13. The van der Waals surface area contributed by atoms with E-state index in [0.717, 1.165) is 18.2 Å². The molecule has 0 atom stereocenters. The van der Waals surface area contributed by atoms with Crippen LogP contribution in [-0.4, -0.2) is 63.0 Å². The molecule has 55 heavy (non-hydrogen) atoms. The lowest BCUT2D eigenvalue weighted by atomic mass is 10.1. The number of halogens is 1. The van der Waals surface area contributed by atoms with Crippen LogP contribution in [0.3, 0.4) is 0 Å². The average molecular weight is 804 g/mol. The standard InChI is InChI=1S/C33H22ClN9O10S2/c34-31-37-32(35-19-4-8-21(9-5-19)40-42-23-13-17(29(44)45)12-18(14-23)30(46)47)39-33(38-31)36-20-6-10-22(11-7-20)41-43-24-15-26-25(28(16-24)55(51,52)53)2-1-3-27(26)54(48,49)50/h1-16H,(H,44,45)(H,46,47)(H,48,49,50)(H,51,52,53)(H2,35,36,37,38,39). The zero-order valence-corrected chi connectivity index (χ0v) is 29.7. The van der Waals surface area contributed by atoms with Crippen LogP contribution in [0, 0.1) is 0 Å². The van der Waals surface area contributed by atoms with E-state index in [-0.39, 0.29) is 50.5 Å². The zero-order valence-electron chi connectivity index (χ0n) is 27.3. The molecule has 1 heterocycles. The number of carbonyl (C=O) groups is 2. The van der Waals surface area contributed by atoms with Crippen molar-refractivity contribution in [3.8, 4) is 0 Å². The summed E-state index contributed by atoms with van der Waals surface area (Å²) in [7, 11) is -9.59. The topological polar surface area (TPSA) is 296 Å². The summed E-state index contributed by atoms with van der Waals surface area (Å²) < 4.78 is 67.4. The van der Waals surface area contributed by atoms with Crippen molar-refractivity contribution >= 4 is 101 Å². The Balaban J connectivity index is 1.14. The second kappa shape index (κ2) is 15.3. The van der Waals surface area contributed by atoms with Gasteiger partial charge in [0.15, 0.2) is 0 Å². The molecule has 0 aliphatic heterocycles. The van der Waals surface area contributed by atoms with Gasteiger partial charge in [-0.15, -0.1) is 0 Å². The fraction of sp³-hybridized carbons (Fsp3) is 0. The first-order valence-electron chi connectivity index (χ1n) is 15.1. The smallest absolute Gasteiger partial charge is 0.335 e. The monoisotopic (exact) mass is 803 g/mol. The van der Waals surface area contributed by atoms with Gasteiger partial charge in [-0.25, -0.2) is 9.59 Å². The SMILES string of the molecule is O=C(O)c1cc(N=Nc2ccc(Nc3nc(Cl)nc(Nc4ccc(N=Nc5cc(S(=O)(=O)O)c6cccc(S(=O)(=O)O)c6c5)cc4)n3)cc2)cc(C(=O)O)c1. The Labute approximate surface area is 314 Å². The van der Waals surface area contributed by atoms with E-state index in [0.29, 0.717) is 22.7 Å². The molecule has 0 saturated carbocycles. The number of anilines is 4. The molecule has 6 N–H and O–H groups in total. The maximum Gasteiger partial charge on any atom is 0.335 e. The number of fused-ring (bicyclic) bond motifs is 1. The first-order chi connectivity index (χ1) is 26.0. The van der Waals surface area contributed by atoms with E-state index in [1.165, 1.54) is 42.5 Å². The molecule has 0 aliphatic carbocycles. The van der Waals surface area contributed by atoms with Gasteiger partial charge in [-0.2, -0.15) is 52.2 Å². The van der Waals surface area contributed by atoms with Gasteiger partial charge in [0.25, 0.3) is 20.2 Å². The molecule has 1 aromatic heterocycles. The van der Waals surface area contributed by atoms with Crippen molar-refractivity contribution in [1.29, 1.82) is 0 Å². The molecule has 22 heteroatoms. The van der Waals surface area contributed by atoms with Gasteiger partial charge in [-0.05, 0) is 96.5 Å². The number of azo groups is 2. The molecule has 0 bridgehead atoms. The molecular formula is C33H22ClN9O10S2. The highest BCUT2D eigenvalue weighted by atomic mass is 35.5. The highest BCUT2D eigenvalue weighted by Crippen LogP contribution is 2.34. The third kappa shape index (κ3) is 9.42. The second-order valence-corrected chi connectivity index (χ2v) is 14.2. The second-order valence-electron chi connectivity index (χ2n) is 11.1. The predicted molar refractivity (Wildman–Crippen MR) is 197 cm³/mol. The number of rotatable bonds is 12. The summed E-state index contributed by atoms with van der Waals surface area (Å²) in [6.07, 6.45) is 0. The summed E-state index contributed by atoms with van der Waals surface area (Å²) in [4.78, 5) is 33.9. The molecule has 0 unspecified atom stereocenters. The zero-order chi connectivity index (χ0) is 39.5. The molecule has 0 aliphatic rings. The van der Waals surface area contributed by atoms with Gasteiger partial charge in [-0.1, -0.05) is 12.1 Å². The first-order valence-corrected chi connectivity index (χ1v) is 18.4. The maximum atomic E-state index is 12.1. The predicted octanol–water partition coefficient (Wildman–Crippen LogP) is 7.89. The molecule has 0 amide bonds. The van der Waals surface area contributed by atoms with Crippen LogP contribution in [-0.2, 0) is 20.2 Å². The summed E-state index contributed by atoms with van der Waals surface area (Å²) in [5, 5.41) is 40.0.